The van der Waals surface area contributed by atoms with Crippen molar-refractivity contribution in [1.82, 2.24) is 29.8 Å². The van der Waals surface area contributed by atoms with Gasteiger partial charge in [-0.1, -0.05) is 0 Å². The smallest absolute Gasteiger partial charge is 0.194 e. The molecule has 2 aromatic rings. The molecule has 0 spiro atoms. The molecule has 1 saturated heterocycles. The first kappa shape index (κ1) is 20.7. The van der Waals surface area contributed by atoms with Crippen LogP contribution in [0.2, 0.25) is 0 Å². The third kappa shape index (κ3) is 4.37. The number of morpholine rings is 1. The quantitative estimate of drug-likeness (QED) is 0.416. The molecular formula is C17H28IN7O. The standard InChI is InChI=1S/C17H27N7O.HI/c1-12-15(13(2)23(5)21-12)9-19-17(18-3)24-6-7-25-16(11-24)14-8-20-22(4)10-14;/h8,10,16H,6-7,9,11H2,1-5H3,(H,18,19);1H. The predicted molar refractivity (Wildman–Crippen MR) is 112 cm³/mol. The summed E-state index contributed by atoms with van der Waals surface area (Å²) < 4.78 is 9.64. The van der Waals surface area contributed by atoms with Gasteiger partial charge in [-0.15, -0.1) is 24.0 Å². The number of nitrogens with zero attached hydrogens (tertiary/aromatic N) is 6. The van der Waals surface area contributed by atoms with Gasteiger partial charge in [-0.3, -0.25) is 14.4 Å². The first-order valence-electron chi connectivity index (χ1n) is 8.54. The van der Waals surface area contributed by atoms with Crippen LogP contribution in [0.5, 0.6) is 0 Å². The molecule has 1 atom stereocenters. The van der Waals surface area contributed by atoms with Crippen LogP contribution in [0.15, 0.2) is 17.4 Å². The fourth-order valence-electron chi connectivity index (χ4n) is 3.22. The molecule has 0 aliphatic carbocycles. The minimum Gasteiger partial charge on any atom is -0.370 e. The van der Waals surface area contributed by atoms with Crippen molar-refractivity contribution in [2.75, 3.05) is 26.7 Å². The van der Waals surface area contributed by atoms with Crippen molar-refractivity contribution < 1.29 is 4.74 Å². The molecule has 0 bridgehead atoms. The van der Waals surface area contributed by atoms with Crippen LogP contribution in [0.4, 0.5) is 0 Å². The third-order valence-electron chi connectivity index (χ3n) is 4.76. The van der Waals surface area contributed by atoms with E-state index in [1.807, 2.05) is 45.1 Å². The Labute approximate surface area is 171 Å². The van der Waals surface area contributed by atoms with Crippen molar-refractivity contribution >= 4 is 29.9 Å². The van der Waals surface area contributed by atoms with E-state index in [1.54, 1.807) is 4.68 Å². The molecule has 2 aromatic heterocycles. The van der Waals surface area contributed by atoms with Crippen LogP contribution in [-0.4, -0.2) is 57.2 Å². The second kappa shape index (κ2) is 8.85. The average molecular weight is 473 g/mol. The Morgan fingerprint density at radius 2 is 2.15 bits per heavy atom. The fourth-order valence-corrected chi connectivity index (χ4v) is 3.22. The Kier molecular flexibility index (Phi) is 7.04. The van der Waals surface area contributed by atoms with Crippen LogP contribution < -0.4 is 5.32 Å². The van der Waals surface area contributed by atoms with Crippen LogP contribution in [0, 0.1) is 13.8 Å². The summed E-state index contributed by atoms with van der Waals surface area (Å²) in [6.45, 7) is 7.10. The molecule has 3 rings (SSSR count). The summed E-state index contributed by atoms with van der Waals surface area (Å²) in [4.78, 5) is 6.69. The van der Waals surface area contributed by atoms with E-state index in [4.69, 9.17) is 4.74 Å². The number of aromatic nitrogens is 4. The third-order valence-corrected chi connectivity index (χ3v) is 4.76. The van der Waals surface area contributed by atoms with Gasteiger partial charge in [0.15, 0.2) is 5.96 Å². The lowest BCUT2D eigenvalue weighted by atomic mass is 10.1. The van der Waals surface area contributed by atoms with Gasteiger partial charge < -0.3 is 15.0 Å². The van der Waals surface area contributed by atoms with Gasteiger partial charge in [-0.2, -0.15) is 10.2 Å². The molecule has 144 valence electrons. The lowest BCUT2D eigenvalue weighted by Crippen LogP contribution is -2.48. The zero-order chi connectivity index (χ0) is 18.0. The lowest BCUT2D eigenvalue weighted by Gasteiger charge is -2.34. The highest BCUT2D eigenvalue weighted by Gasteiger charge is 2.25. The summed E-state index contributed by atoms with van der Waals surface area (Å²) in [5.74, 6) is 0.889. The van der Waals surface area contributed by atoms with Crippen LogP contribution in [-0.2, 0) is 25.4 Å². The number of halogens is 1. The van der Waals surface area contributed by atoms with E-state index in [9.17, 15) is 0 Å². The Balaban J connectivity index is 0.00000243. The Morgan fingerprint density at radius 1 is 1.38 bits per heavy atom. The SMILES string of the molecule is CN=C(NCc1c(C)nn(C)c1C)N1CCOC(c2cnn(C)c2)C1.I. The number of aryl methyl sites for hydroxylation is 3. The van der Waals surface area contributed by atoms with E-state index >= 15 is 0 Å². The highest BCUT2D eigenvalue weighted by molar-refractivity contribution is 14.0. The predicted octanol–water partition coefficient (Wildman–Crippen LogP) is 1.54. The molecule has 3 heterocycles. The van der Waals surface area contributed by atoms with Crippen molar-refractivity contribution in [2.45, 2.75) is 26.5 Å². The molecule has 26 heavy (non-hydrogen) atoms. The summed E-state index contributed by atoms with van der Waals surface area (Å²) in [6.07, 6.45) is 3.89. The Hall–Kier alpha value is -1.62. The summed E-state index contributed by atoms with van der Waals surface area (Å²) in [5, 5.41) is 12.2. The lowest BCUT2D eigenvalue weighted by molar-refractivity contribution is -0.00805. The van der Waals surface area contributed by atoms with Crippen LogP contribution in [0.3, 0.4) is 0 Å². The summed E-state index contributed by atoms with van der Waals surface area (Å²) in [5.41, 5.74) is 4.55. The van der Waals surface area contributed by atoms with Gasteiger partial charge in [0, 0.05) is 57.3 Å². The van der Waals surface area contributed by atoms with Crippen LogP contribution in [0.25, 0.3) is 0 Å². The van der Waals surface area contributed by atoms with E-state index in [0.29, 0.717) is 13.2 Å². The van der Waals surface area contributed by atoms with Gasteiger partial charge in [0.1, 0.15) is 6.10 Å². The monoisotopic (exact) mass is 473 g/mol. The molecule has 1 N–H and O–H groups in total. The largest absolute Gasteiger partial charge is 0.370 e. The Bertz CT molecular complexity index is 767. The molecule has 1 fully saturated rings. The van der Waals surface area contributed by atoms with Crippen molar-refractivity contribution in [3.63, 3.8) is 0 Å². The van der Waals surface area contributed by atoms with E-state index in [0.717, 1.165) is 30.3 Å². The number of ether oxygens (including phenoxy) is 1. The number of rotatable bonds is 3. The second-order valence-electron chi connectivity index (χ2n) is 6.43. The van der Waals surface area contributed by atoms with Gasteiger partial charge in [-0.05, 0) is 13.8 Å². The van der Waals surface area contributed by atoms with Crippen molar-refractivity contribution in [3.8, 4) is 0 Å². The van der Waals surface area contributed by atoms with Crippen molar-refractivity contribution in [3.05, 3.63) is 34.9 Å². The van der Waals surface area contributed by atoms with Crippen molar-refractivity contribution in [2.24, 2.45) is 19.1 Å². The molecule has 1 aliphatic rings. The van der Waals surface area contributed by atoms with Crippen molar-refractivity contribution in [1.29, 1.82) is 0 Å². The van der Waals surface area contributed by atoms with Gasteiger partial charge in [0.05, 0.1) is 25.0 Å². The molecular weight excluding hydrogens is 445 g/mol. The summed E-state index contributed by atoms with van der Waals surface area (Å²) in [7, 11) is 5.71. The average Bonchev–Trinajstić information content (AvgIpc) is 3.14. The normalized spacial score (nSPS) is 18.0. The second-order valence-corrected chi connectivity index (χ2v) is 6.43. The van der Waals surface area contributed by atoms with Gasteiger partial charge in [0.2, 0.25) is 0 Å². The minimum absolute atomic E-state index is 0. The molecule has 8 nitrogen and oxygen atoms in total. The van der Waals surface area contributed by atoms with Gasteiger partial charge in [-0.25, -0.2) is 0 Å². The Morgan fingerprint density at radius 3 is 2.73 bits per heavy atom. The molecule has 0 radical (unpaired) electrons. The van der Waals surface area contributed by atoms with E-state index in [2.05, 4.69) is 32.3 Å². The molecule has 0 amide bonds. The first-order valence-corrected chi connectivity index (χ1v) is 8.54. The molecule has 1 aliphatic heterocycles. The number of guanidine groups is 1. The maximum absolute atomic E-state index is 5.92. The zero-order valence-electron chi connectivity index (χ0n) is 16.1. The molecule has 9 heteroatoms. The molecule has 0 saturated carbocycles. The number of nitrogens with one attached hydrogen (secondary N) is 1. The summed E-state index contributed by atoms with van der Waals surface area (Å²) in [6, 6.07) is 0. The van der Waals surface area contributed by atoms with Gasteiger partial charge in [0.25, 0.3) is 0 Å². The van der Waals surface area contributed by atoms with E-state index in [-0.39, 0.29) is 30.1 Å². The fraction of sp³-hybridized carbons (Fsp3) is 0.588. The van der Waals surface area contributed by atoms with E-state index < -0.39 is 0 Å². The summed E-state index contributed by atoms with van der Waals surface area (Å²) >= 11 is 0. The van der Waals surface area contributed by atoms with Crippen LogP contribution in [0.1, 0.15) is 28.6 Å². The number of aliphatic imine (C=N–C) groups is 1. The zero-order valence-corrected chi connectivity index (χ0v) is 18.4. The maximum atomic E-state index is 5.92. The number of hydrogen-bond acceptors (Lipinski definition) is 4. The first-order chi connectivity index (χ1) is 12.0. The number of hydrogen-bond donors (Lipinski definition) is 1. The highest BCUT2D eigenvalue weighted by Crippen LogP contribution is 2.21. The van der Waals surface area contributed by atoms with Gasteiger partial charge >= 0.3 is 0 Å². The van der Waals surface area contributed by atoms with Crippen LogP contribution >= 0.6 is 24.0 Å². The molecule has 0 aromatic carbocycles. The molecule has 1 unspecified atom stereocenters. The van der Waals surface area contributed by atoms with E-state index in [1.165, 1.54) is 11.3 Å². The topological polar surface area (TPSA) is 72.5 Å². The minimum atomic E-state index is 0. The maximum Gasteiger partial charge on any atom is 0.194 e. The highest BCUT2D eigenvalue weighted by atomic mass is 127.